The van der Waals surface area contributed by atoms with E-state index in [-0.39, 0.29) is 22.2 Å². The molecule has 0 spiro atoms. The Labute approximate surface area is 152 Å². The van der Waals surface area contributed by atoms with Gasteiger partial charge in [0.25, 0.3) is 11.7 Å². The van der Waals surface area contributed by atoms with Gasteiger partial charge in [-0.25, -0.2) is 4.79 Å². The molecule has 0 saturated carbocycles. The first-order chi connectivity index (χ1) is 11.9. The number of halogens is 3. The average Bonchev–Trinajstić information content (AvgIpc) is 2.56. The van der Waals surface area contributed by atoms with Crippen LogP contribution in [0.5, 0.6) is 0 Å². The van der Waals surface area contributed by atoms with Crippen LogP contribution in [0.2, 0.25) is 5.02 Å². The zero-order valence-electron chi connectivity index (χ0n) is 13.1. The van der Waals surface area contributed by atoms with Crippen molar-refractivity contribution in [3.05, 3.63) is 58.6 Å². The van der Waals surface area contributed by atoms with E-state index in [2.05, 4.69) is 5.32 Å². The van der Waals surface area contributed by atoms with E-state index < -0.39 is 24.2 Å². The molecule has 8 heteroatoms. The van der Waals surface area contributed by atoms with Crippen molar-refractivity contribution in [1.82, 2.24) is 0 Å². The van der Waals surface area contributed by atoms with Crippen LogP contribution in [0.25, 0.3) is 0 Å². The van der Waals surface area contributed by atoms with Crippen molar-refractivity contribution >= 4 is 40.9 Å². The van der Waals surface area contributed by atoms with Gasteiger partial charge in [0.15, 0.2) is 6.61 Å². The number of carbonyl (C=O) groups is 2. The fourth-order valence-electron chi connectivity index (χ4n) is 1.96. The van der Waals surface area contributed by atoms with Gasteiger partial charge in [0.1, 0.15) is 0 Å². The minimum atomic E-state index is -2.66. The molecule has 4 nitrogen and oxygen atoms in total. The number of thioether (sulfide) groups is 1. The summed E-state index contributed by atoms with van der Waals surface area (Å²) in [7, 11) is 0. The van der Waals surface area contributed by atoms with Crippen molar-refractivity contribution in [2.24, 2.45) is 0 Å². The number of nitrogens with one attached hydrogen (secondary N) is 1. The molecular formula is C17H14ClF2NO3S. The molecule has 0 aromatic heterocycles. The van der Waals surface area contributed by atoms with Gasteiger partial charge in [-0.3, -0.25) is 4.79 Å². The van der Waals surface area contributed by atoms with Crippen LogP contribution in [0.3, 0.4) is 0 Å². The number of carbonyl (C=O) groups excluding carboxylic acids is 2. The number of aryl methyl sites for hydroxylation is 1. The summed E-state index contributed by atoms with van der Waals surface area (Å²) in [6, 6.07) is 10.8. The van der Waals surface area contributed by atoms with Gasteiger partial charge < -0.3 is 10.1 Å². The molecule has 1 N–H and O–H groups in total. The van der Waals surface area contributed by atoms with Crippen molar-refractivity contribution in [3.63, 3.8) is 0 Å². The lowest BCUT2D eigenvalue weighted by molar-refractivity contribution is -0.119. The van der Waals surface area contributed by atoms with E-state index >= 15 is 0 Å². The highest BCUT2D eigenvalue weighted by Gasteiger charge is 2.17. The zero-order valence-corrected chi connectivity index (χ0v) is 14.7. The van der Waals surface area contributed by atoms with Crippen LogP contribution in [0.15, 0.2) is 47.4 Å². The number of esters is 1. The SMILES string of the molecule is Cc1ccc(Cl)cc1NC(=O)COC(=O)c1ccccc1SC(F)F. The number of rotatable bonds is 6. The van der Waals surface area contributed by atoms with Gasteiger partial charge in [-0.15, -0.1) is 0 Å². The Morgan fingerprint density at radius 3 is 2.68 bits per heavy atom. The Hall–Kier alpha value is -2.12. The second kappa shape index (κ2) is 8.82. The molecule has 2 aromatic rings. The predicted molar refractivity (Wildman–Crippen MR) is 93.4 cm³/mol. The summed E-state index contributed by atoms with van der Waals surface area (Å²) in [4.78, 5) is 24.1. The summed E-state index contributed by atoms with van der Waals surface area (Å²) in [5, 5.41) is 3.03. The van der Waals surface area contributed by atoms with Crippen LogP contribution in [0.4, 0.5) is 14.5 Å². The number of alkyl halides is 2. The van der Waals surface area contributed by atoms with Crippen LogP contribution < -0.4 is 5.32 Å². The smallest absolute Gasteiger partial charge is 0.339 e. The highest BCUT2D eigenvalue weighted by atomic mass is 35.5. The maximum atomic E-state index is 12.5. The lowest BCUT2D eigenvalue weighted by Gasteiger charge is -2.11. The Morgan fingerprint density at radius 2 is 1.96 bits per heavy atom. The van der Waals surface area contributed by atoms with Crippen LogP contribution in [0, 0.1) is 6.92 Å². The molecule has 0 fully saturated rings. The molecule has 2 rings (SSSR count). The molecule has 0 radical (unpaired) electrons. The molecule has 0 aliphatic carbocycles. The molecule has 0 heterocycles. The molecule has 0 aliphatic rings. The summed E-state index contributed by atoms with van der Waals surface area (Å²) < 4.78 is 30.0. The maximum absolute atomic E-state index is 12.5. The number of hydrogen-bond acceptors (Lipinski definition) is 4. The molecule has 25 heavy (non-hydrogen) atoms. The molecule has 2 aromatic carbocycles. The maximum Gasteiger partial charge on any atom is 0.339 e. The minimum Gasteiger partial charge on any atom is -0.452 e. The van der Waals surface area contributed by atoms with Crippen molar-refractivity contribution in [1.29, 1.82) is 0 Å². The quantitative estimate of drug-likeness (QED) is 0.575. The van der Waals surface area contributed by atoms with Crippen molar-refractivity contribution in [2.75, 3.05) is 11.9 Å². The number of ether oxygens (including phenoxy) is 1. The van der Waals surface area contributed by atoms with Gasteiger partial charge >= 0.3 is 5.97 Å². The summed E-state index contributed by atoms with van der Waals surface area (Å²) in [5.74, 6) is -4.07. The van der Waals surface area contributed by atoms with Crippen molar-refractivity contribution < 1.29 is 23.1 Å². The van der Waals surface area contributed by atoms with Crippen molar-refractivity contribution in [3.8, 4) is 0 Å². The van der Waals surface area contributed by atoms with Crippen LogP contribution >= 0.6 is 23.4 Å². The monoisotopic (exact) mass is 385 g/mol. The zero-order chi connectivity index (χ0) is 18.4. The standard InChI is InChI=1S/C17H14ClF2NO3S/c1-10-6-7-11(18)8-13(10)21-15(22)9-24-16(23)12-4-2-3-5-14(12)25-17(19)20/h2-8,17H,9H2,1H3,(H,21,22). The normalized spacial score (nSPS) is 10.6. The molecule has 0 atom stereocenters. The largest absolute Gasteiger partial charge is 0.452 e. The van der Waals surface area contributed by atoms with Crippen LogP contribution in [-0.2, 0) is 9.53 Å². The van der Waals surface area contributed by atoms with Gasteiger partial charge in [0.05, 0.1) is 5.56 Å². The number of hydrogen-bond donors (Lipinski definition) is 1. The van der Waals surface area contributed by atoms with Gasteiger partial charge in [0, 0.05) is 15.6 Å². The molecule has 1 amide bonds. The van der Waals surface area contributed by atoms with Crippen LogP contribution in [0.1, 0.15) is 15.9 Å². The first kappa shape index (κ1) is 19.2. The predicted octanol–water partition coefficient (Wildman–Crippen LogP) is 4.76. The summed E-state index contributed by atoms with van der Waals surface area (Å²) >= 11 is 6.11. The van der Waals surface area contributed by atoms with E-state index in [0.717, 1.165) is 5.56 Å². The van der Waals surface area contributed by atoms with Crippen LogP contribution in [-0.4, -0.2) is 24.2 Å². The summed E-state index contributed by atoms with van der Waals surface area (Å²) in [5.41, 5.74) is 1.28. The second-order valence-corrected chi connectivity index (χ2v) is 6.43. The lowest BCUT2D eigenvalue weighted by atomic mass is 10.2. The molecule has 132 valence electrons. The second-order valence-electron chi connectivity index (χ2n) is 4.96. The Bertz CT molecular complexity index is 786. The molecule has 0 saturated heterocycles. The van der Waals surface area contributed by atoms with E-state index in [1.54, 1.807) is 25.1 Å². The van der Waals surface area contributed by atoms with Gasteiger partial charge in [0.2, 0.25) is 0 Å². The summed E-state index contributed by atoms with van der Waals surface area (Å²) in [6.45, 7) is 1.24. The third-order valence-corrected chi connectivity index (χ3v) is 4.15. The first-order valence-electron chi connectivity index (χ1n) is 7.14. The molecule has 0 unspecified atom stereocenters. The molecule has 0 aliphatic heterocycles. The number of amides is 1. The molecular weight excluding hydrogens is 372 g/mol. The third kappa shape index (κ3) is 5.72. The summed E-state index contributed by atoms with van der Waals surface area (Å²) in [6.07, 6.45) is 0. The Morgan fingerprint density at radius 1 is 1.24 bits per heavy atom. The van der Waals surface area contributed by atoms with E-state index in [9.17, 15) is 18.4 Å². The minimum absolute atomic E-state index is 0.0143. The van der Waals surface area contributed by atoms with Gasteiger partial charge in [-0.05, 0) is 36.8 Å². The third-order valence-electron chi connectivity index (χ3n) is 3.13. The number of anilines is 1. The van der Waals surface area contributed by atoms with Crippen molar-refractivity contribution in [2.45, 2.75) is 17.6 Å². The molecule has 0 bridgehead atoms. The Balaban J connectivity index is 1.98. The van der Waals surface area contributed by atoms with E-state index in [1.165, 1.54) is 24.3 Å². The lowest BCUT2D eigenvalue weighted by Crippen LogP contribution is -2.21. The Kier molecular flexibility index (Phi) is 6.78. The topological polar surface area (TPSA) is 55.4 Å². The van der Waals surface area contributed by atoms with Gasteiger partial charge in [-0.2, -0.15) is 8.78 Å². The van der Waals surface area contributed by atoms with E-state index in [4.69, 9.17) is 16.3 Å². The first-order valence-corrected chi connectivity index (χ1v) is 8.39. The van der Waals surface area contributed by atoms with E-state index in [1.807, 2.05) is 0 Å². The fourth-order valence-corrected chi connectivity index (χ4v) is 2.76. The average molecular weight is 386 g/mol. The highest BCUT2D eigenvalue weighted by molar-refractivity contribution is 7.99. The van der Waals surface area contributed by atoms with Gasteiger partial charge in [-0.1, -0.05) is 41.6 Å². The fraction of sp³-hybridized carbons (Fsp3) is 0.176. The highest BCUT2D eigenvalue weighted by Crippen LogP contribution is 2.28. The number of benzene rings is 2. The van der Waals surface area contributed by atoms with E-state index in [0.29, 0.717) is 10.7 Å².